The minimum absolute atomic E-state index is 0.0243. The Kier molecular flexibility index (Phi) is 7.06. The van der Waals surface area contributed by atoms with Crippen LogP contribution in [0, 0.1) is 0 Å². The highest BCUT2D eigenvalue weighted by Gasteiger charge is 2.30. The molecule has 3 rings (SSSR count). The normalized spacial score (nSPS) is 14.8. The average Bonchev–Trinajstić information content (AvgIpc) is 3.02. The molecule has 7 heteroatoms. The lowest BCUT2D eigenvalue weighted by Crippen LogP contribution is -2.31. The van der Waals surface area contributed by atoms with Crippen molar-refractivity contribution in [2.24, 2.45) is 4.99 Å². The highest BCUT2D eigenvalue weighted by molar-refractivity contribution is 9.10. The fourth-order valence-corrected chi connectivity index (χ4v) is 3.81. The Labute approximate surface area is 182 Å². The second-order valence-electron chi connectivity index (χ2n) is 6.12. The van der Waals surface area contributed by atoms with Gasteiger partial charge in [-0.1, -0.05) is 58.0 Å². The molecule has 0 saturated carbocycles. The Bertz CT molecular complexity index is 982. The monoisotopic (exact) mass is 470 g/mol. The molecular formula is C22H19BrN2O3S. The lowest BCUT2D eigenvalue weighted by Gasteiger charge is -2.15. The molecule has 2 aromatic rings. The van der Waals surface area contributed by atoms with Crippen LogP contribution in [0.5, 0.6) is 5.75 Å². The van der Waals surface area contributed by atoms with Crippen LogP contribution in [-0.2, 0) is 4.79 Å². The number of amides is 1. The van der Waals surface area contributed by atoms with E-state index in [4.69, 9.17) is 4.74 Å². The number of carbonyl (C=O) groups excluding carboxylic acids is 2. The van der Waals surface area contributed by atoms with E-state index in [9.17, 15) is 9.59 Å². The number of Topliss-reactive ketones (excluding diaryl/α,β-unsaturated/α-hetero) is 1. The number of rotatable bonds is 7. The van der Waals surface area contributed by atoms with Gasteiger partial charge in [-0.15, -0.1) is 6.58 Å². The summed E-state index contributed by atoms with van der Waals surface area (Å²) in [5.74, 6) is 0.699. The zero-order valence-electron chi connectivity index (χ0n) is 15.8. The predicted octanol–water partition coefficient (Wildman–Crippen LogP) is 4.80. The van der Waals surface area contributed by atoms with Crippen LogP contribution in [0.3, 0.4) is 0 Å². The van der Waals surface area contributed by atoms with Gasteiger partial charge in [-0.25, -0.2) is 4.99 Å². The quantitative estimate of drug-likeness (QED) is 0.331. The van der Waals surface area contributed by atoms with E-state index in [0.29, 0.717) is 23.0 Å². The van der Waals surface area contributed by atoms with Crippen molar-refractivity contribution >= 4 is 50.6 Å². The first-order valence-electron chi connectivity index (χ1n) is 8.80. The van der Waals surface area contributed by atoms with E-state index in [1.807, 2.05) is 36.4 Å². The molecule has 0 unspecified atom stereocenters. The predicted molar refractivity (Wildman–Crippen MR) is 121 cm³/mol. The van der Waals surface area contributed by atoms with Crippen LogP contribution in [0.1, 0.15) is 15.9 Å². The van der Waals surface area contributed by atoms with Crippen molar-refractivity contribution in [3.63, 3.8) is 0 Å². The molecule has 148 valence electrons. The van der Waals surface area contributed by atoms with Crippen LogP contribution < -0.4 is 4.74 Å². The number of hydrogen-bond donors (Lipinski definition) is 0. The van der Waals surface area contributed by atoms with Crippen LogP contribution in [0.15, 0.2) is 76.3 Å². The third kappa shape index (κ3) is 5.25. The summed E-state index contributed by atoms with van der Waals surface area (Å²) >= 11 is 4.61. The van der Waals surface area contributed by atoms with Gasteiger partial charge in [0, 0.05) is 16.6 Å². The van der Waals surface area contributed by atoms with Gasteiger partial charge in [-0.3, -0.25) is 14.5 Å². The molecule has 0 fully saturated rings. The maximum atomic E-state index is 12.8. The summed E-state index contributed by atoms with van der Waals surface area (Å²) in [4.78, 5) is 31.2. The van der Waals surface area contributed by atoms with Crippen LogP contribution in [0.25, 0.3) is 6.08 Å². The van der Waals surface area contributed by atoms with Gasteiger partial charge >= 0.3 is 0 Å². The summed E-state index contributed by atoms with van der Waals surface area (Å²) in [5, 5.41) is 0.500. The Morgan fingerprint density at radius 1 is 1.21 bits per heavy atom. The Hall–Kier alpha value is -2.64. The summed E-state index contributed by atoms with van der Waals surface area (Å²) in [6, 6.07) is 14.6. The molecule has 0 aliphatic carbocycles. The van der Waals surface area contributed by atoms with Crippen LogP contribution in [0.2, 0.25) is 0 Å². The number of ketones is 1. The van der Waals surface area contributed by atoms with Crippen molar-refractivity contribution in [1.82, 2.24) is 4.90 Å². The van der Waals surface area contributed by atoms with Gasteiger partial charge in [0.1, 0.15) is 11.4 Å². The average molecular weight is 471 g/mol. The summed E-state index contributed by atoms with van der Waals surface area (Å²) in [7, 11) is 1.60. The number of halogens is 1. The van der Waals surface area contributed by atoms with Gasteiger partial charge in [0.15, 0.2) is 11.0 Å². The smallest absolute Gasteiger partial charge is 0.278 e. The molecule has 1 aliphatic heterocycles. The van der Waals surface area contributed by atoms with Gasteiger partial charge in [0.05, 0.1) is 12.9 Å². The Morgan fingerprint density at radius 2 is 1.90 bits per heavy atom. The molecule has 0 aromatic heterocycles. The summed E-state index contributed by atoms with van der Waals surface area (Å²) in [6.07, 6.45) is 3.36. The largest absolute Gasteiger partial charge is 0.497 e. The van der Waals surface area contributed by atoms with E-state index >= 15 is 0 Å². The lowest BCUT2D eigenvalue weighted by atomic mass is 10.2. The molecule has 5 nitrogen and oxygen atoms in total. The summed E-state index contributed by atoms with van der Waals surface area (Å²) in [6.45, 7) is 4.04. The van der Waals surface area contributed by atoms with E-state index in [1.54, 1.807) is 31.4 Å². The molecule has 0 bridgehead atoms. The van der Waals surface area contributed by atoms with Gasteiger partial charge < -0.3 is 4.74 Å². The molecule has 1 heterocycles. The Morgan fingerprint density at radius 3 is 2.52 bits per heavy atom. The first kappa shape index (κ1) is 21.1. The van der Waals surface area contributed by atoms with E-state index in [2.05, 4.69) is 27.5 Å². The third-order valence-electron chi connectivity index (χ3n) is 4.14. The zero-order valence-corrected chi connectivity index (χ0v) is 18.2. The highest BCUT2D eigenvalue weighted by Crippen LogP contribution is 2.25. The highest BCUT2D eigenvalue weighted by atomic mass is 79.9. The third-order valence-corrected chi connectivity index (χ3v) is 5.65. The molecule has 0 saturated heterocycles. The van der Waals surface area contributed by atoms with E-state index in [-0.39, 0.29) is 17.4 Å². The molecule has 0 atom stereocenters. The second-order valence-corrected chi connectivity index (χ2v) is 7.98. The molecule has 0 N–H and O–H groups in total. The second kappa shape index (κ2) is 9.71. The van der Waals surface area contributed by atoms with Crippen LogP contribution in [-0.4, -0.2) is 41.2 Å². The van der Waals surface area contributed by atoms with Crippen molar-refractivity contribution in [1.29, 1.82) is 0 Å². The minimum atomic E-state index is -0.209. The SMILES string of the molecule is C=CCN1C(=O)/C(=C/c2ccc(OC)cc2)N=C1SCC(=O)c1ccc(Br)cc1. The van der Waals surface area contributed by atoms with E-state index < -0.39 is 0 Å². The number of carbonyl (C=O) groups is 2. The van der Waals surface area contributed by atoms with Crippen molar-refractivity contribution in [3.8, 4) is 5.75 Å². The number of thioether (sulfide) groups is 1. The van der Waals surface area contributed by atoms with Gasteiger partial charge in [0.2, 0.25) is 0 Å². The number of amidine groups is 1. The van der Waals surface area contributed by atoms with Crippen molar-refractivity contribution < 1.29 is 14.3 Å². The van der Waals surface area contributed by atoms with Crippen molar-refractivity contribution in [3.05, 3.63) is 82.5 Å². The van der Waals surface area contributed by atoms with Crippen LogP contribution in [0.4, 0.5) is 0 Å². The lowest BCUT2D eigenvalue weighted by molar-refractivity contribution is -0.122. The summed E-state index contributed by atoms with van der Waals surface area (Å²) in [5.41, 5.74) is 1.79. The molecule has 0 spiro atoms. The fraction of sp³-hybridized carbons (Fsp3) is 0.136. The number of ether oxygens (including phenoxy) is 1. The molecule has 1 amide bonds. The van der Waals surface area contributed by atoms with Crippen molar-refractivity contribution in [2.75, 3.05) is 19.4 Å². The maximum Gasteiger partial charge on any atom is 0.278 e. The Balaban J connectivity index is 1.77. The zero-order chi connectivity index (χ0) is 20.8. The topological polar surface area (TPSA) is 59.0 Å². The number of benzene rings is 2. The minimum Gasteiger partial charge on any atom is -0.497 e. The van der Waals surface area contributed by atoms with E-state index in [0.717, 1.165) is 15.8 Å². The first-order chi connectivity index (χ1) is 14.0. The molecule has 2 aromatic carbocycles. The van der Waals surface area contributed by atoms with Gasteiger partial charge in [-0.2, -0.15) is 0 Å². The number of nitrogens with zero attached hydrogens (tertiary/aromatic N) is 2. The van der Waals surface area contributed by atoms with Gasteiger partial charge in [0.25, 0.3) is 5.91 Å². The molecular weight excluding hydrogens is 452 g/mol. The van der Waals surface area contributed by atoms with E-state index in [1.165, 1.54) is 16.7 Å². The van der Waals surface area contributed by atoms with Gasteiger partial charge in [-0.05, 0) is 35.9 Å². The molecule has 1 aliphatic rings. The number of methoxy groups -OCH3 is 1. The fourth-order valence-electron chi connectivity index (χ4n) is 2.64. The van der Waals surface area contributed by atoms with Crippen LogP contribution >= 0.6 is 27.7 Å². The number of hydrogen-bond acceptors (Lipinski definition) is 5. The molecule has 29 heavy (non-hydrogen) atoms. The van der Waals surface area contributed by atoms with Crippen molar-refractivity contribution in [2.45, 2.75) is 0 Å². The maximum absolute atomic E-state index is 12.8. The summed E-state index contributed by atoms with van der Waals surface area (Å²) < 4.78 is 6.07. The number of aliphatic imine (C=N–C) groups is 1. The standard InChI is InChI=1S/C22H19BrN2O3S/c1-3-12-25-21(27)19(13-15-4-10-18(28-2)11-5-15)24-22(25)29-14-20(26)16-6-8-17(23)9-7-16/h3-11,13H,1,12,14H2,2H3/b19-13-. The first-order valence-corrected chi connectivity index (χ1v) is 10.6. The molecule has 0 radical (unpaired) electrons.